The smallest absolute Gasteiger partial charge is 0.323 e. The van der Waals surface area contributed by atoms with Crippen LogP contribution in [-0.2, 0) is 0 Å². The third-order valence-corrected chi connectivity index (χ3v) is 3.30. The van der Waals surface area contributed by atoms with Crippen molar-refractivity contribution in [1.29, 1.82) is 0 Å². The third kappa shape index (κ3) is 2.76. The van der Waals surface area contributed by atoms with Gasteiger partial charge in [-0.25, -0.2) is 4.79 Å². The Morgan fingerprint density at radius 2 is 2.18 bits per heavy atom. The van der Waals surface area contributed by atoms with Crippen LogP contribution in [0.1, 0.15) is 29.8 Å². The van der Waals surface area contributed by atoms with Crippen LogP contribution in [0.3, 0.4) is 0 Å². The zero-order valence-corrected chi connectivity index (χ0v) is 9.74. The molecular formula is C11H18N4O2. The number of imidazole rings is 1. The molecule has 2 rings (SSSR count). The molecule has 0 spiro atoms. The lowest BCUT2D eigenvalue weighted by Gasteiger charge is -2.31. The van der Waals surface area contributed by atoms with Crippen molar-refractivity contribution in [3.63, 3.8) is 0 Å². The fourth-order valence-corrected chi connectivity index (χ4v) is 2.28. The fourth-order valence-electron chi connectivity index (χ4n) is 2.28. The minimum atomic E-state index is -0.341. The molecule has 0 atom stereocenters. The van der Waals surface area contributed by atoms with E-state index in [1.807, 2.05) is 0 Å². The Bertz CT molecular complexity index is 429. The second kappa shape index (κ2) is 5.18. The summed E-state index contributed by atoms with van der Waals surface area (Å²) in [6, 6.07) is 0. The van der Waals surface area contributed by atoms with E-state index in [0.29, 0.717) is 18.2 Å². The molecule has 0 aliphatic carbocycles. The number of hydrogen-bond acceptors (Lipinski definition) is 3. The van der Waals surface area contributed by atoms with Gasteiger partial charge in [0.2, 0.25) is 0 Å². The maximum atomic E-state index is 12.0. The molecule has 2 heterocycles. The van der Waals surface area contributed by atoms with Crippen molar-refractivity contribution < 1.29 is 4.79 Å². The number of hydrogen-bond donors (Lipinski definition) is 3. The third-order valence-electron chi connectivity index (χ3n) is 3.30. The molecule has 0 radical (unpaired) electrons. The molecular weight excluding hydrogens is 220 g/mol. The molecule has 0 aromatic carbocycles. The Morgan fingerprint density at radius 3 is 2.71 bits per heavy atom. The number of rotatable bonds is 3. The summed E-state index contributed by atoms with van der Waals surface area (Å²) in [5, 5.41) is 0. The van der Waals surface area contributed by atoms with Crippen LogP contribution in [-0.4, -0.2) is 40.4 Å². The van der Waals surface area contributed by atoms with E-state index in [2.05, 4.69) is 9.97 Å². The maximum Gasteiger partial charge on any atom is 0.323 e. The van der Waals surface area contributed by atoms with Gasteiger partial charge in [0.1, 0.15) is 5.69 Å². The minimum absolute atomic E-state index is 0.102. The Labute approximate surface area is 99.2 Å². The van der Waals surface area contributed by atoms with Gasteiger partial charge in [0, 0.05) is 19.3 Å². The summed E-state index contributed by atoms with van der Waals surface area (Å²) in [5.41, 5.74) is 5.52. The van der Waals surface area contributed by atoms with E-state index >= 15 is 0 Å². The molecule has 94 valence electrons. The summed E-state index contributed by atoms with van der Waals surface area (Å²) in [6.45, 7) is 2.21. The van der Waals surface area contributed by atoms with E-state index in [9.17, 15) is 9.59 Å². The molecule has 1 amide bonds. The number of carbonyl (C=O) groups excluding carboxylic acids is 1. The number of H-pyrrole nitrogens is 2. The van der Waals surface area contributed by atoms with Crippen LogP contribution in [0, 0.1) is 5.92 Å². The van der Waals surface area contributed by atoms with Crippen molar-refractivity contribution in [3.05, 3.63) is 22.4 Å². The van der Waals surface area contributed by atoms with Crippen LogP contribution in [0.5, 0.6) is 0 Å². The van der Waals surface area contributed by atoms with E-state index in [1.165, 1.54) is 6.20 Å². The lowest BCUT2D eigenvalue weighted by atomic mass is 9.93. The van der Waals surface area contributed by atoms with Crippen molar-refractivity contribution in [2.75, 3.05) is 19.6 Å². The van der Waals surface area contributed by atoms with Crippen LogP contribution in [0.15, 0.2) is 11.0 Å². The van der Waals surface area contributed by atoms with Gasteiger partial charge in [-0.2, -0.15) is 0 Å². The predicted octanol–water partition coefficient (Wildman–Crippen LogP) is -0.0960. The van der Waals surface area contributed by atoms with Gasteiger partial charge in [-0.3, -0.25) is 4.79 Å². The standard InChI is InChI=1S/C11H18N4O2/c12-4-1-8-2-5-15(6-3-8)10(16)9-7-13-11(17)14-9/h7-8H,1-6,12H2,(H2,13,14,17). The van der Waals surface area contributed by atoms with Crippen LogP contribution in [0.2, 0.25) is 0 Å². The van der Waals surface area contributed by atoms with E-state index in [-0.39, 0.29) is 11.6 Å². The van der Waals surface area contributed by atoms with Crippen molar-refractivity contribution in [2.24, 2.45) is 11.7 Å². The van der Waals surface area contributed by atoms with Crippen molar-refractivity contribution >= 4 is 5.91 Å². The SMILES string of the molecule is NCCC1CCN(C(=O)c2c[nH]c(=O)[nH]2)CC1. The van der Waals surface area contributed by atoms with Gasteiger partial charge in [0.25, 0.3) is 5.91 Å². The monoisotopic (exact) mass is 238 g/mol. The van der Waals surface area contributed by atoms with E-state index in [0.717, 1.165) is 32.4 Å². The lowest BCUT2D eigenvalue weighted by Crippen LogP contribution is -2.39. The van der Waals surface area contributed by atoms with Gasteiger partial charge in [-0.1, -0.05) is 0 Å². The van der Waals surface area contributed by atoms with Crippen LogP contribution >= 0.6 is 0 Å². The molecule has 0 bridgehead atoms. The number of aromatic amines is 2. The van der Waals surface area contributed by atoms with Crippen LogP contribution in [0.25, 0.3) is 0 Å². The molecule has 1 aromatic heterocycles. The summed E-state index contributed by atoms with van der Waals surface area (Å²) in [5.74, 6) is 0.531. The van der Waals surface area contributed by atoms with E-state index < -0.39 is 0 Å². The first-order chi connectivity index (χ1) is 8.20. The highest BCUT2D eigenvalue weighted by molar-refractivity contribution is 5.92. The van der Waals surface area contributed by atoms with Gasteiger partial charge in [0.05, 0.1) is 0 Å². The molecule has 1 aromatic rings. The average molecular weight is 238 g/mol. The highest BCUT2D eigenvalue weighted by atomic mass is 16.2. The van der Waals surface area contributed by atoms with Gasteiger partial charge in [-0.05, 0) is 31.7 Å². The number of likely N-dealkylation sites (tertiary alicyclic amines) is 1. The Balaban J connectivity index is 1.92. The quantitative estimate of drug-likeness (QED) is 0.686. The molecule has 0 unspecified atom stereocenters. The highest BCUT2D eigenvalue weighted by Crippen LogP contribution is 2.20. The van der Waals surface area contributed by atoms with Crippen molar-refractivity contribution in [2.45, 2.75) is 19.3 Å². The van der Waals surface area contributed by atoms with Gasteiger partial charge < -0.3 is 20.6 Å². The minimum Gasteiger partial charge on any atom is -0.337 e. The summed E-state index contributed by atoms with van der Waals surface area (Å²) in [4.78, 5) is 29.6. The van der Waals surface area contributed by atoms with Gasteiger partial charge in [-0.15, -0.1) is 0 Å². The summed E-state index contributed by atoms with van der Waals surface area (Å²) in [7, 11) is 0. The topological polar surface area (TPSA) is 95.0 Å². The average Bonchev–Trinajstić information content (AvgIpc) is 2.76. The van der Waals surface area contributed by atoms with Gasteiger partial charge >= 0.3 is 5.69 Å². The normalized spacial score (nSPS) is 17.4. The molecule has 1 aliphatic heterocycles. The Morgan fingerprint density at radius 1 is 1.47 bits per heavy atom. The molecule has 1 aliphatic rings. The first-order valence-corrected chi connectivity index (χ1v) is 5.97. The molecule has 6 heteroatoms. The fraction of sp³-hybridized carbons (Fsp3) is 0.636. The number of nitrogens with two attached hydrogens (primary N) is 1. The number of aromatic nitrogens is 2. The molecule has 17 heavy (non-hydrogen) atoms. The Kier molecular flexibility index (Phi) is 3.63. The number of amides is 1. The largest absolute Gasteiger partial charge is 0.337 e. The van der Waals surface area contributed by atoms with E-state index in [4.69, 9.17) is 5.73 Å². The van der Waals surface area contributed by atoms with Crippen LogP contribution < -0.4 is 11.4 Å². The second-order valence-electron chi connectivity index (χ2n) is 4.47. The highest BCUT2D eigenvalue weighted by Gasteiger charge is 2.23. The van der Waals surface area contributed by atoms with Crippen molar-refractivity contribution in [3.8, 4) is 0 Å². The lowest BCUT2D eigenvalue weighted by molar-refractivity contribution is 0.0682. The predicted molar refractivity (Wildman–Crippen MR) is 63.7 cm³/mol. The summed E-state index contributed by atoms with van der Waals surface area (Å²) in [6.07, 6.45) is 4.45. The molecule has 1 fully saturated rings. The zero-order valence-electron chi connectivity index (χ0n) is 9.74. The van der Waals surface area contributed by atoms with Crippen LogP contribution in [0.4, 0.5) is 0 Å². The first-order valence-electron chi connectivity index (χ1n) is 5.97. The molecule has 0 saturated carbocycles. The van der Waals surface area contributed by atoms with E-state index in [1.54, 1.807) is 4.90 Å². The maximum absolute atomic E-state index is 12.0. The Hall–Kier alpha value is -1.56. The number of nitrogens with one attached hydrogen (secondary N) is 2. The molecule has 4 N–H and O–H groups in total. The molecule has 6 nitrogen and oxygen atoms in total. The summed E-state index contributed by atoms with van der Waals surface area (Å²) < 4.78 is 0. The molecule has 1 saturated heterocycles. The summed E-state index contributed by atoms with van der Waals surface area (Å²) >= 11 is 0. The number of carbonyl (C=O) groups is 1. The second-order valence-corrected chi connectivity index (χ2v) is 4.47. The van der Waals surface area contributed by atoms with Crippen molar-refractivity contribution in [1.82, 2.24) is 14.9 Å². The number of nitrogens with zero attached hydrogens (tertiary/aromatic N) is 1. The van der Waals surface area contributed by atoms with Gasteiger partial charge in [0.15, 0.2) is 0 Å². The first kappa shape index (κ1) is 11.9. The number of piperidine rings is 1. The zero-order chi connectivity index (χ0) is 12.3.